The molecule has 0 aliphatic carbocycles. The van der Waals surface area contributed by atoms with E-state index < -0.39 is 0 Å². The Bertz CT molecular complexity index is 284. The van der Waals surface area contributed by atoms with Crippen molar-refractivity contribution < 1.29 is 9.47 Å². The summed E-state index contributed by atoms with van der Waals surface area (Å²) in [6.07, 6.45) is 3.18. The molecule has 15 heavy (non-hydrogen) atoms. The van der Waals surface area contributed by atoms with Crippen LogP contribution in [0.4, 0.5) is 0 Å². The van der Waals surface area contributed by atoms with Gasteiger partial charge in [0.25, 0.3) is 0 Å². The van der Waals surface area contributed by atoms with Crippen molar-refractivity contribution in [3.05, 3.63) is 35.9 Å². The van der Waals surface area contributed by atoms with Crippen LogP contribution in [-0.2, 0) is 16.1 Å². The highest BCUT2D eigenvalue weighted by atomic mass is 16.6. The van der Waals surface area contributed by atoms with Crippen LogP contribution >= 0.6 is 0 Å². The molecule has 0 amide bonds. The fourth-order valence-corrected chi connectivity index (χ4v) is 1.73. The first-order valence-electron chi connectivity index (χ1n) is 5.67. The van der Waals surface area contributed by atoms with E-state index in [1.54, 1.807) is 0 Å². The summed E-state index contributed by atoms with van der Waals surface area (Å²) in [4.78, 5) is 0. The molecule has 0 saturated carbocycles. The lowest BCUT2D eigenvalue weighted by atomic mass is 10.2. The first-order chi connectivity index (χ1) is 7.40. The summed E-state index contributed by atoms with van der Waals surface area (Å²) in [5, 5.41) is 0. The van der Waals surface area contributed by atoms with E-state index in [0.29, 0.717) is 18.8 Å². The molecular weight excluding hydrogens is 188 g/mol. The highest BCUT2D eigenvalue weighted by molar-refractivity contribution is 5.13. The van der Waals surface area contributed by atoms with Crippen LogP contribution in [0.25, 0.3) is 0 Å². The number of ether oxygens (including phenoxy) is 2. The third-order valence-electron chi connectivity index (χ3n) is 2.65. The van der Waals surface area contributed by atoms with Crippen LogP contribution in [0.3, 0.4) is 0 Å². The molecule has 1 fully saturated rings. The van der Waals surface area contributed by atoms with Crippen molar-refractivity contribution in [3.63, 3.8) is 0 Å². The second kappa shape index (κ2) is 5.29. The minimum absolute atomic E-state index is 0.355. The molecule has 2 heteroatoms. The highest BCUT2D eigenvalue weighted by Gasteiger charge is 2.37. The molecule has 0 bridgehead atoms. The molecule has 0 spiro atoms. The van der Waals surface area contributed by atoms with Gasteiger partial charge in [-0.2, -0.15) is 0 Å². The third-order valence-corrected chi connectivity index (χ3v) is 2.65. The van der Waals surface area contributed by atoms with E-state index in [1.165, 1.54) is 18.4 Å². The van der Waals surface area contributed by atoms with Gasteiger partial charge < -0.3 is 9.47 Å². The summed E-state index contributed by atoms with van der Waals surface area (Å²) < 4.78 is 11.1. The zero-order valence-electron chi connectivity index (χ0n) is 9.19. The van der Waals surface area contributed by atoms with E-state index in [2.05, 4.69) is 19.1 Å². The number of hydrogen-bond acceptors (Lipinski definition) is 2. The van der Waals surface area contributed by atoms with Gasteiger partial charge in [-0.3, -0.25) is 0 Å². The molecule has 2 rings (SSSR count). The summed E-state index contributed by atoms with van der Waals surface area (Å²) in [6.45, 7) is 3.61. The van der Waals surface area contributed by atoms with Gasteiger partial charge >= 0.3 is 0 Å². The van der Waals surface area contributed by atoms with Gasteiger partial charge in [0.15, 0.2) is 0 Å². The summed E-state index contributed by atoms with van der Waals surface area (Å²) in [6, 6.07) is 10.2. The Kier molecular flexibility index (Phi) is 3.75. The Balaban J connectivity index is 1.60. The average molecular weight is 206 g/mol. The Morgan fingerprint density at radius 2 is 2.00 bits per heavy atom. The monoisotopic (exact) mass is 206 g/mol. The maximum Gasteiger partial charge on any atom is 0.107 e. The van der Waals surface area contributed by atoms with E-state index >= 15 is 0 Å². The maximum absolute atomic E-state index is 5.60. The lowest BCUT2D eigenvalue weighted by molar-refractivity contribution is 0.104. The summed E-state index contributed by atoms with van der Waals surface area (Å²) in [5.41, 5.74) is 1.23. The second-order valence-electron chi connectivity index (χ2n) is 4.00. The molecule has 2 nitrogen and oxygen atoms in total. The Labute approximate surface area is 91.2 Å². The fraction of sp³-hybridized carbons (Fsp3) is 0.538. The van der Waals surface area contributed by atoms with E-state index in [9.17, 15) is 0 Å². The van der Waals surface area contributed by atoms with Crippen LogP contribution in [0.2, 0.25) is 0 Å². The predicted molar refractivity (Wildman–Crippen MR) is 59.7 cm³/mol. The third kappa shape index (κ3) is 3.33. The van der Waals surface area contributed by atoms with Gasteiger partial charge in [-0.05, 0) is 12.0 Å². The first kappa shape index (κ1) is 10.7. The fourth-order valence-electron chi connectivity index (χ4n) is 1.73. The number of epoxide rings is 1. The van der Waals surface area contributed by atoms with Crippen molar-refractivity contribution in [2.75, 3.05) is 6.61 Å². The first-order valence-corrected chi connectivity index (χ1v) is 5.67. The van der Waals surface area contributed by atoms with Crippen LogP contribution in [-0.4, -0.2) is 18.8 Å². The van der Waals surface area contributed by atoms with Gasteiger partial charge in [-0.1, -0.05) is 43.7 Å². The molecule has 0 aromatic heterocycles. The van der Waals surface area contributed by atoms with Crippen molar-refractivity contribution in [1.82, 2.24) is 0 Å². The van der Waals surface area contributed by atoms with Crippen molar-refractivity contribution in [2.24, 2.45) is 0 Å². The van der Waals surface area contributed by atoms with Gasteiger partial charge in [0.2, 0.25) is 0 Å². The van der Waals surface area contributed by atoms with Gasteiger partial charge in [-0.25, -0.2) is 0 Å². The number of hydrogen-bond donors (Lipinski definition) is 0. The predicted octanol–water partition coefficient (Wildman–Crippen LogP) is 2.77. The molecule has 1 aliphatic heterocycles. The molecule has 1 saturated heterocycles. The van der Waals surface area contributed by atoms with Crippen LogP contribution in [0, 0.1) is 0 Å². The minimum Gasteiger partial charge on any atom is -0.374 e. The summed E-state index contributed by atoms with van der Waals surface area (Å²) in [7, 11) is 0. The lowest BCUT2D eigenvalue weighted by Gasteiger charge is -2.01. The molecule has 0 radical (unpaired) electrons. The standard InChI is InChI=1S/C13H18O2/c1-2-6-12-13(15-12)10-14-9-11-7-4-3-5-8-11/h3-5,7-8,12-13H,2,6,9-10H2,1H3. The normalized spacial score (nSPS) is 24.1. The second-order valence-corrected chi connectivity index (χ2v) is 4.00. The quantitative estimate of drug-likeness (QED) is 0.667. The van der Waals surface area contributed by atoms with E-state index in [0.717, 1.165) is 6.61 Å². The van der Waals surface area contributed by atoms with E-state index in [4.69, 9.17) is 9.47 Å². The van der Waals surface area contributed by atoms with Crippen LogP contribution in [0.5, 0.6) is 0 Å². The minimum atomic E-state index is 0.355. The Morgan fingerprint density at radius 3 is 2.73 bits per heavy atom. The molecule has 1 heterocycles. The van der Waals surface area contributed by atoms with Crippen molar-refractivity contribution >= 4 is 0 Å². The van der Waals surface area contributed by atoms with E-state index in [-0.39, 0.29) is 0 Å². The van der Waals surface area contributed by atoms with Gasteiger partial charge in [0.1, 0.15) is 6.10 Å². The van der Waals surface area contributed by atoms with Crippen LogP contribution < -0.4 is 0 Å². The summed E-state index contributed by atoms with van der Waals surface area (Å²) >= 11 is 0. The molecule has 2 unspecified atom stereocenters. The summed E-state index contributed by atoms with van der Waals surface area (Å²) in [5.74, 6) is 0. The molecule has 1 aromatic carbocycles. The van der Waals surface area contributed by atoms with E-state index in [1.807, 2.05) is 18.2 Å². The van der Waals surface area contributed by atoms with Crippen LogP contribution in [0.15, 0.2) is 30.3 Å². The molecule has 0 N–H and O–H groups in total. The van der Waals surface area contributed by atoms with Crippen molar-refractivity contribution in [1.29, 1.82) is 0 Å². The maximum atomic E-state index is 5.60. The average Bonchev–Trinajstić information content (AvgIpc) is 2.99. The smallest absolute Gasteiger partial charge is 0.107 e. The Hall–Kier alpha value is -0.860. The van der Waals surface area contributed by atoms with Gasteiger partial charge in [-0.15, -0.1) is 0 Å². The zero-order chi connectivity index (χ0) is 10.5. The lowest BCUT2D eigenvalue weighted by Crippen LogP contribution is -2.04. The molecule has 82 valence electrons. The zero-order valence-corrected chi connectivity index (χ0v) is 9.19. The molecular formula is C13H18O2. The van der Waals surface area contributed by atoms with Gasteiger partial charge in [0, 0.05) is 0 Å². The van der Waals surface area contributed by atoms with Crippen LogP contribution in [0.1, 0.15) is 25.3 Å². The number of rotatable bonds is 6. The van der Waals surface area contributed by atoms with Crippen molar-refractivity contribution in [3.8, 4) is 0 Å². The van der Waals surface area contributed by atoms with Crippen molar-refractivity contribution in [2.45, 2.75) is 38.6 Å². The molecule has 1 aromatic rings. The largest absolute Gasteiger partial charge is 0.374 e. The SMILES string of the molecule is CCCC1OC1COCc1ccccc1. The molecule has 2 atom stereocenters. The van der Waals surface area contributed by atoms with Gasteiger partial charge in [0.05, 0.1) is 19.3 Å². The Morgan fingerprint density at radius 1 is 1.20 bits per heavy atom. The molecule has 1 aliphatic rings. The highest BCUT2D eigenvalue weighted by Crippen LogP contribution is 2.26. The topological polar surface area (TPSA) is 21.8 Å². The number of benzene rings is 1.